The molecule has 0 saturated carbocycles. The number of carbonyl (C=O) groups excluding carboxylic acids is 1. The zero-order chi connectivity index (χ0) is 38.2. The highest BCUT2D eigenvalue weighted by Gasteiger charge is 2.49. The van der Waals surface area contributed by atoms with Crippen LogP contribution in [0.1, 0.15) is 59.3 Å². The molecule has 0 spiro atoms. The molecule has 12 nitrogen and oxygen atoms in total. The van der Waals surface area contributed by atoms with Crippen LogP contribution in [-0.2, 0) is 14.9 Å². The summed E-state index contributed by atoms with van der Waals surface area (Å²) in [5.74, 6) is -1.19. The molecule has 17 heteroatoms. The first kappa shape index (κ1) is 36.5. The van der Waals surface area contributed by atoms with Gasteiger partial charge in [0.05, 0.1) is 23.0 Å². The summed E-state index contributed by atoms with van der Waals surface area (Å²) in [6.07, 6.45) is 6.52. The fraction of sp³-hybridized carbons (Fsp3) is 0.514. The lowest BCUT2D eigenvalue weighted by atomic mass is 9.95. The number of fused-ring (bicyclic) bond motifs is 5. The zero-order valence-corrected chi connectivity index (χ0v) is 30.8. The molecule has 0 radical (unpaired) electrons. The number of amides is 1. The second-order valence-electron chi connectivity index (χ2n) is 15.6. The average Bonchev–Trinajstić information content (AvgIpc) is 3.76. The quantitative estimate of drug-likeness (QED) is 0.112. The van der Waals surface area contributed by atoms with Crippen molar-refractivity contribution in [3.8, 4) is 23.0 Å². The van der Waals surface area contributed by atoms with Crippen LogP contribution in [0.15, 0.2) is 42.6 Å². The number of aromatic nitrogens is 3. The van der Waals surface area contributed by atoms with Gasteiger partial charge in [-0.1, -0.05) is 24.3 Å². The minimum Gasteiger partial charge on any atom is -0.461 e. The predicted molar refractivity (Wildman–Crippen MR) is 191 cm³/mol. The molecule has 288 valence electrons. The number of pyridine rings is 1. The summed E-state index contributed by atoms with van der Waals surface area (Å²) >= 11 is 0. The van der Waals surface area contributed by atoms with Gasteiger partial charge in [-0.3, -0.25) is 14.8 Å². The number of anilines is 1. The molecular formula is C37H40F4N6O6S. The Balaban J connectivity index is 1.22. The van der Waals surface area contributed by atoms with Gasteiger partial charge in [-0.25, -0.2) is 9.18 Å². The molecule has 2 aromatic heterocycles. The highest BCUT2D eigenvalue weighted by Crippen LogP contribution is 2.42. The van der Waals surface area contributed by atoms with E-state index in [0.29, 0.717) is 36.3 Å². The number of rotatable bonds is 7. The van der Waals surface area contributed by atoms with Crippen LogP contribution >= 0.6 is 0 Å². The van der Waals surface area contributed by atoms with Crippen molar-refractivity contribution in [2.45, 2.75) is 88.0 Å². The summed E-state index contributed by atoms with van der Waals surface area (Å²) < 4.78 is 97.4. The average molecular weight is 773 g/mol. The Labute approximate surface area is 309 Å². The van der Waals surface area contributed by atoms with Crippen molar-refractivity contribution >= 4 is 43.7 Å². The van der Waals surface area contributed by atoms with Crippen LogP contribution in [0.5, 0.6) is 11.8 Å². The maximum absolute atomic E-state index is 17.1. The summed E-state index contributed by atoms with van der Waals surface area (Å²) in [6, 6.07) is 8.16. The largest absolute Gasteiger partial charge is 0.534 e. The maximum atomic E-state index is 17.1. The summed E-state index contributed by atoms with van der Waals surface area (Å²) in [5.41, 5.74) is -6.92. The minimum atomic E-state index is -6.02. The summed E-state index contributed by atoms with van der Waals surface area (Å²) in [6.45, 7) is 8.50. The lowest BCUT2D eigenvalue weighted by Crippen LogP contribution is -2.57. The van der Waals surface area contributed by atoms with E-state index >= 15 is 4.39 Å². The van der Waals surface area contributed by atoms with E-state index in [-0.39, 0.29) is 51.9 Å². The highest BCUT2D eigenvalue weighted by molar-refractivity contribution is 7.88. The third-order valence-corrected chi connectivity index (χ3v) is 11.9. The monoisotopic (exact) mass is 772 g/mol. The van der Waals surface area contributed by atoms with E-state index in [0.717, 1.165) is 63.7 Å². The van der Waals surface area contributed by atoms with Crippen molar-refractivity contribution in [1.82, 2.24) is 24.8 Å². The molecule has 4 aliphatic rings. The van der Waals surface area contributed by atoms with E-state index in [4.69, 9.17) is 14.5 Å². The molecule has 6 heterocycles. The molecule has 0 unspecified atom stereocenters. The van der Waals surface area contributed by atoms with Crippen molar-refractivity contribution in [3.05, 3.63) is 48.4 Å². The fourth-order valence-electron chi connectivity index (χ4n) is 8.56. The van der Waals surface area contributed by atoms with Crippen LogP contribution in [-0.4, -0.2) is 101 Å². The molecule has 2 atom stereocenters. The lowest BCUT2D eigenvalue weighted by molar-refractivity contribution is -0.0500. The van der Waals surface area contributed by atoms with Crippen LogP contribution in [0.2, 0.25) is 0 Å². The number of benzene rings is 2. The number of ether oxygens (including phenoxy) is 2. The molecular weight excluding hydrogens is 733 g/mol. The van der Waals surface area contributed by atoms with Gasteiger partial charge in [0.25, 0.3) is 0 Å². The number of hydrogen-bond acceptors (Lipinski definition) is 11. The standard InChI is InChI=1S/C37H40F4N6O6S/c1-35(2,3)52-34(48)47-23-10-11-24(47)20-45(19-23)32-28-18-42-30(27-17-25(53-54(49,50)37(39,40)41)16-22-8-4-5-9-26(22)27)29(38)31(28)43-33(44-32)51-21-36-12-6-14-46(36)15-7-13-36/h4-5,8-9,16-18,23-24H,6-7,10-15,19-21H2,1-3H3/t23-,24+. The summed E-state index contributed by atoms with van der Waals surface area (Å²) in [5, 5.41) is 0.959. The van der Waals surface area contributed by atoms with Crippen LogP contribution in [0.4, 0.5) is 28.2 Å². The van der Waals surface area contributed by atoms with Gasteiger partial charge in [0.15, 0.2) is 5.82 Å². The van der Waals surface area contributed by atoms with Crippen molar-refractivity contribution in [1.29, 1.82) is 0 Å². The topological polar surface area (TPSA) is 127 Å². The number of halogens is 4. The molecule has 4 saturated heterocycles. The van der Waals surface area contributed by atoms with Crippen LogP contribution in [0.25, 0.3) is 32.9 Å². The number of nitrogens with zero attached hydrogens (tertiary/aromatic N) is 6. The Kier molecular flexibility index (Phi) is 8.82. The van der Waals surface area contributed by atoms with Gasteiger partial charge in [-0.05, 0) is 95.3 Å². The van der Waals surface area contributed by atoms with E-state index in [1.54, 1.807) is 23.1 Å². The van der Waals surface area contributed by atoms with Gasteiger partial charge in [-0.2, -0.15) is 31.6 Å². The highest BCUT2D eigenvalue weighted by atomic mass is 32.2. The number of hydrogen-bond donors (Lipinski definition) is 0. The van der Waals surface area contributed by atoms with Crippen molar-refractivity contribution < 1.29 is 44.4 Å². The number of carbonyl (C=O) groups is 1. The normalized spacial score (nSPS) is 21.5. The second kappa shape index (κ2) is 13.1. The Bertz CT molecular complexity index is 2230. The van der Waals surface area contributed by atoms with Gasteiger partial charge < -0.3 is 18.6 Å². The van der Waals surface area contributed by atoms with E-state index < -0.39 is 32.8 Å². The van der Waals surface area contributed by atoms with Crippen molar-refractivity contribution in [3.63, 3.8) is 0 Å². The first-order chi connectivity index (χ1) is 25.5. The van der Waals surface area contributed by atoms with Crippen LogP contribution in [0, 0.1) is 5.82 Å². The SMILES string of the molecule is CC(C)(C)OC(=O)N1[C@@H]2CC[C@H]1CN(c1nc(OCC34CCCN3CCC4)nc3c(F)c(-c4cc(OS(=O)(=O)C(F)(F)F)cc5ccccc45)ncc13)C2. The van der Waals surface area contributed by atoms with Gasteiger partial charge in [0, 0.05) is 24.8 Å². The third kappa shape index (κ3) is 6.52. The summed E-state index contributed by atoms with van der Waals surface area (Å²) in [4.78, 5) is 33.3. The van der Waals surface area contributed by atoms with Crippen molar-refractivity contribution in [2.24, 2.45) is 0 Å². The van der Waals surface area contributed by atoms with Crippen LogP contribution in [0.3, 0.4) is 0 Å². The van der Waals surface area contributed by atoms with E-state index in [9.17, 15) is 26.4 Å². The van der Waals surface area contributed by atoms with E-state index in [1.165, 1.54) is 12.3 Å². The van der Waals surface area contributed by atoms with Gasteiger partial charge in [0.1, 0.15) is 35.0 Å². The van der Waals surface area contributed by atoms with Gasteiger partial charge in [-0.15, -0.1) is 0 Å². The lowest BCUT2D eigenvalue weighted by Gasteiger charge is -2.42. The summed E-state index contributed by atoms with van der Waals surface area (Å²) in [7, 11) is -6.02. The van der Waals surface area contributed by atoms with E-state index in [2.05, 4.69) is 19.1 Å². The van der Waals surface area contributed by atoms with E-state index in [1.807, 2.05) is 25.7 Å². The Morgan fingerprint density at radius 1 is 0.981 bits per heavy atom. The fourth-order valence-corrected chi connectivity index (χ4v) is 9.01. The molecule has 8 rings (SSSR count). The molecule has 4 aliphatic heterocycles. The molecule has 2 bridgehead atoms. The Morgan fingerprint density at radius 3 is 2.33 bits per heavy atom. The third-order valence-electron chi connectivity index (χ3n) is 10.9. The van der Waals surface area contributed by atoms with Gasteiger partial charge in [0.2, 0.25) is 0 Å². The Morgan fingerprint density at radius 2 is 1.67 bits per heavy atom. The molecule has 0 aliphatic carbocycles. The molecule has 2 aromatic carbocycles. The molecule has 1 amide bonds. The van der Waals surface area contributed by atoms with Gasteiger partial charge >= 0.3 is 27.7 Å². The first-order valence-corrected chi connectivity index (χ1v) is 19.5. The molecule has 4 fully saturated rings. The Hall–Kier alpha value is -4.51. The second-order valence-corrected chi connectivity index (χ2v) is 17.1. The molecule has 0 N–H and O–H groups in total. The molecule has 54 heavy (non-hydrogen) atoms. The molecule has 4 aromatic rings. The number of piperazine rings is 1. The van der Waals surface area contributed by atoms with Crippen LogP contribution < -0.4 is 13.8 Å². The zero-order valence-electron chi connectivity index (χ0n) is 30.0. The maximum Gasteiger partial charge on any atom is 0.534 e. The predicted octanol–water partition coefficient (Wildman–Crippen LogP) is 6.81. The van der Waals surface area contributed by atoms with Crippen molar-refractivity contribution in [2.75, 3.05) is 37.7 Å². The first-order valence-electron chi connectivity index (χ1n) is 18.1. The minimum absolute atomic E-state index is 0.00188. The number of alkyl halides is 3. The smallest absolute Gasteiger partial charge is 0.461 e.